The molecule has 6 rings (SSSR count). The van der Waals surface area contributed by atoms with Gasteiger partial charge in [-0.15, -0.1) is 0 Å². The average Bonchev–Trinajstić information content (AvgIpc) is 3.29. The Morgan fingerprint density at radius 1 is 0.853 bits per heavy atom. The maximum atomic E-state index is 5.29. The minimum atomic E-state index is 0.172. The molecule has 0 fully saturated rings. The van der Waals surface area contributed by atoms with Gasteiger partial charge in [-0.2, -0.15) is 0 Å². The molecular formula is C31H28N2S. The Morgan fingerprint density at radius 3 is 2.29 bits per heavy atom. The van der Waals surface area contributed by atoms with E-state index in [9.17, 15) is 0 Å². The second-order valence-electron chi connectivity index (χ2n) is 9.37. The summed E-state index contributed by atoms with van der Waals surface area (Å²) in [6, 6.07) is 28.8. The SMILES string of the molecule is Cc1ccc(/C=C2\CCCC3=C2N=C2SC=C(c4ccccc4)N2[C@@H]3c2ccc(C)cc2)cc1. The monoisotopic (exact) mass is 460 g/mol. The molecule has 1 atom stereocenters. The van der Waals surface area contributed by atoms with Crippen LogP contribution >= 0.6 is 11.8 Å². The van der Waals surface area contributed by atoms with Gasteiger partial charge in [-0.1, -0.05) is 102 Å². The first-order valence-corrected chi connectivity index (χ1v) is 12.9. The van der Waals surface area contributed by atoms with E-state index < -0.39 is 0 Å². The molecule has 2 nitrogen and oxygen atoms in total. The van der Waals surface area contributed by atoms with Crippen LogP contribution in [0.3, 0.4) is 0 Å². The van der Waals surface area contributed by atoms with Crippen LogP contribution in [-0.4, -0.2) is 10.1 Å². The minimum Gasteiger partial charge on any atom is -0.308 e. The summed E-state index contributed by atoms with van der Waals surface area (Å²) in [5.74, 6) is 0. The number of nitrogens with zero attached hydrogens (tertiary/aromatic N) is 2. The molecular weight excluding hydrogens is 432 g/mol. The van der Waals surface area contributed by atoms with Crippen LogP contribution in [0.25, 0.3) is 11.8 Å². The second kappa shape index (κ2) is 8.81. The van der Waals surface area contributed by atoms with E-state index in [0.717, 1.165) is 24.4 Å². The number of fused-ring (bicyclic) bond motifs is 1. The van der Waals surface area contributed by atoms with Gasteiger partial charge in [0.25, 0.3) is 0 Å². The number of hydrogen-bond donors (Lipinski definition) is 0. The maximum absolute atomic E-state index is 5.29. The number of amidine groups is 1. The number of benzene rings is 3. The second-order valence-corrected chi connectivity index (χ2v) is 10.2. The van der Waals surface area contributed by atoms with Gasteiger partial charge >= 0.3 is 0 Å². The van der Waals surface area contributed by atoms with Gasteiger partial charge in [-0.05, 0) is 67.0 Å². The van der Waals surface area contributed by atoms with Gasteiger partial charge < -0.3 is 4.90 Å². The molecule has 3 aliphatic rings. The molecule has 1 aliphatic carbocycles. The molecule has 0 aromatic heterocycles. The lowest BCUT2D eigenvalue weighted by molar-refractivity contribution is 0.458. The number of thioether (sulfide) groups is 1. The van der Waals surface area contributed by atoms with Crippen LogP contribution in [-0.2, 0) is 0 Å². The first kappa shape index (κ1) is 21.2. The van der Waals surface area contributed by atoms with Crippen molar-refractivity contribution in [2.45, 2.75) is 39.2 Å². The van der Waals surface area contributed by atoms with Crippen LogP contribution in [0.4, 0.5) is 0 Å². The number of aliphatic imine (C=N–C) groups is 1. The molecule has 3 aromatic carbocycles. The van der Waals surface area contributed by atoms with Crippen molar-refractivity contribution in [3.05, 3.63) is 129 Å². The van der Waals surface area contributed by atoms with Gasteiger partial charge in [0, 0.05) is 5.41 Å². The van der Waals surface area contributed by atoms with Gasteiger partial charge in [-0.3, -0.25) is 0 Å². The van der Waals surface area contributed by atoms with E-state index >= 15 is 0 Å². The standard InChI is InChI=1S/C31H28N2S/c1-21-11-15-23(16-12-21)19-26-9-6-10-27-29(26)32-31-33(30(27)25-17-13-22(2)14-18-25)28(20-34-31)24-7-4-3-5-8-24/h3-5,7-8,11-20,30H,6,9-10H2,1-2H3/b26-19+/t30-/m1/s1. The van der Waals surface area contributed by atoms with E-state index in [2.05, 4.69) is 109 Å². The van der Waals surface area contributed by atoms with Gasteiger partial charge in [0.1, 0.15) is 0 Å². The highest BCUT2D eigenvalue weighted by Gasteiger charge is 2.40. The normalized spacial score (nSPS) is 20.7. The summed E-state index contributed by atoms with van der Waals surface area (Å²) in [6.07, 6.45) is 5.67. The fourth-order valence-corrected chi connectivity index (χ4v) is 6.08. The first-order chi connectivity index (χ1) is 16.7. The molecule has 0 spiro atoms. The zero-order valence-electron chi connectivity index (χ0n) is 19.7. The summed E-state index contributed by atoms with van der Waals surface area (Å²) in [6.45, 7) is 4.30. The highest BCUT2D eigenvalue weighted by atomic mass is 32.2. The molecule has 34 heavy (non-hydrogen) atoms. The van der Waals surface area contributed by atoms with Gasteiger partial charge in [0.05, 0.1) is 17.4 Å². The topological polar surface area (TPSA) is 15.6 Å². The Labute approximate surface area is 206 Å². The van der Waals surface area contributed by atoms with E-state index in [1.54, 1.807) is 11.8 Å². The average molecular weight is 461 g/mol. The summed E-state index contributed by atoms with van der Waals surface area (Å²) < 4.78 is 0. The molecule has 3 aromatic rings. The Morgan fingerprint density at radius 2 is 1.56 bits per heavy atom. The summed E-state index contributed by atoms with van der Waals surface area (Å²) in [5.41, 5.74) is 11.7. The van der Waals surface area contributed by atoms with Crippen molar-refractivity contribution < 1.29 is 0 Å². The zero-order chi connectivity index (χ0) is 23.1. The molecule has 2 heterocycles. The summed E-state index contributed by atoms with van der Waals surface area (Å²) >= 11 is 1.75. The molecule has 0 radical (unpaired) electrons. The van der Waals surface area contributed by atoms with Crippen LogP contribution in [0.2, 0.25) is 0 Å². The highest BCUT2D eigenvalue weighted by Crippen LogP contribution is 2.51. The highest BCUT2D eigenvalue weighted by molar-refractivity contribution is 8.16. The molecule has 0 saturated heterocycles. The molecule has 0 N–H and O–H groups in total. The largest absolute Gasteiger partial charge is 0.308 e. The van der Waals surface area contributed by atoms with Crippen molar-refractivity contribution in [3.8, 4) is 0 Å². The van der Waals surface area contributed by atoms with Crippen LogP contribution in [0.1, 0.15) is 53.1 Å². The molecule has 0 bridgehead atoms. The lowest BCUT2D eigenvalue weighted by Gasteiger charge is -2.40. The van der Waals surface area contributed by atoms with Gasteiger partial charge in [0.15, 0.2) is 5.17 Å². The Hall–Kier alpha value is -3.30. The van der Waals surface area contributed by atoms with Crippen LogP contribution in [0.15, 0.2) is 106 Å². The maximum Gasteiger partial charge on any atom is 0.174 e. The molecule has 2 aliphatic heterocycles. The molecule has 168 valence electrons. The molecule has 0 unspecified atom stereocenters. The Balaban J connectivity index is 1.49. The molecule has 0 saturated carbocycles. The van der Waals surface area contributed by atoms with Gasteiger partial charge in [-0.25, -0.2) is 4.99 Å². The van der Waals surface area contributed by atoms with E-state index in [-0.39, 0.29) is 6.04 Å². The van der Waals surface area contributed by atoms with Crippen molar-refractivity contribution >= 4 is 28.7 Å². The van der Waals surface area contributed by atoms with Gasteiger partial charge in [0.2, 0.25) is 0 Å². The third kappa shape index (κ3) is 3.84. The van der Waals surface area contributed by atoms with Crippen molar-refractivity contribution in [2.24, 2.45) is 4.99 Å². The Kier molecular flexibility index (Phi) is 5.50. The van der Waals surface area contributed by atoms with Crippen molar-refractivity contribution in [1.29, 1.82) is 0 Å². The van der Waals surface area contributed by atoms with Crippen molar-refractivity contribution in [1.82, 2.24) is 4.90 Å². The van der Waals surface area contributed by atoms with Crippen LogP contribution in [0.5, 0.6) is 0 Å². The molecule has 3 heteroatoms. The third-order valence-electron chi connectivity index (χ3n) is 6.92. The minimum absolute atomic E-state index is 0.172. The van der Waals surface area contributed by atoms with Crippen molar-refractivity contribution in [2.75, 3.05) is 0 Å². The summed E-state index contributed by atoms with van der Waals surface area (Å²) in [5, 5.41) is 3.36. The number of allylic oxidation sites excluding steroid dienone is 1. The third-order valence-corrected chi connectivity index (χ3v) is 7.76. The summed E-state index contributed by atoms with van der Waals surface area (Å²) in [4.78, 5) is 7.77. The van der Waals surface area contributed by atoms with Crippen LogP contribution < -0.4 is 0 Å². The summed E-state index contributed by atoms with van der Waals surface area (Å²) in [7, 11) is 0. The van der Waals surface area contributed by atoms with Crippen molar-refractivity contribution in [3.63, 3.8) is 0 Å². The predicted octanol–water partition coefficient (Wildman–Crippen LogP) is 8.28. The predicted molar refractivity (Wildman–Crippen MR) is 145 cm³/mol. The lowest BCUT2D eigenvalue weighted by Crippen LogP contribution is -2.34. The van der Waals surface area contributed by atoms with E-state index in [0.29, 0.717) is 0 Å². The number of hydrogen-bond acceptors (Lipinski definition) is 3. The zero-order valence-corrected chi connectivity index (χ0v) is 20.5. The fraction of sp³-hybridized carbons (Fsp3) is 0.194. The quantitative estimate of drug-likeness (QED) is 0.391. The first-order valence-electron chi connectivity index (χ1n) is 12.0. The van der Waals surface area contributed by atoms with E-state index in [4.69, 9.17) is 4.99 Å². The lowest BCUT2D eigenvalue weighted by atomic mass is 9.82. The smallest absolute Gasteiger partial charge is 0.174 e. The van der Waals surface area contributed by atoms with E-state index in [1.807, 2.05) is 0 Å². The number of rotatable bonds is 3. The molecule has 0 amide bonds. The number of aryl methyl sites for hydroxylation is 2. The van der Waals surface area contributed by atoms with Crippen LogP contribution in [0, 0.1) is 13.8 Å². The Bertz CT molecular complexity index is 1340. The fourth-order valence-electron chi connectivity index (χ4n) is 5.15. The van der Waals surface area contributed by atoms with E-state index in [1.165, 1.54) is 50.4 Å².